The lowest BCUT2D eigenvalue weighted by Gasteiger charge is -2.36. The minimum absolute atomic E-state index is 0.280. The van der Waals surface area contributed by atoms with E-state index in [9.17, 15) is 4.79 Å². The molecule has 0 aromatic carbocycles. The van der Waals surface area contributed by atoms with E-state index in [1.54, 1.807) is 10.9 Å². The van der Waals surface area contributed by atoms with Gasteiger partial charge in [-0.1, -0.05) is 27.2 Å². The van der Waals surface area contributed by atoms with Gasteiger partial charge in [-0.05, 0) is 46.9 Å². The molecule has 0 spiro atoms. The molecule has 3 aromatic heterocycles. The lowest BCUT2D eigenvalue weighted by atomic mass is 9.69. The molecule has 1 unspecified atom stereocenters. The Morgan fingerprint density at radius 1 is 1.40 bits per heavy atom. The Bertz CT molecular complexity index is 1130. The molecule has 0 saturated heterocycles. The molecule has 30 heavy (non-hydrogen) atoms. The normalized spacial score (nSPS) is 19.1. The highest BCUT2D eigenvalue weighted by Gasteiger charge is 2.36. The molecule has 3 aromatic rings. The van der Waals surface area contributed by atoms with E-state index in [0.29, 0.717) is 33.8 Å². The molecule has 7 nitrogen and oxygen atoms in total. The molecule has 1 saturated carbocycles. The van der Waals surface area contributed by atoms with Crippen LogP contribution in [0.15, 0.2) is 16.8 Å². The molecule has 3 heterocycles. The molecule has 5 rings (SSSR count). The molecular formula is C22H28N5O2S+. The third-order valence-corrected chi connectivity index (χ3v) is 8.06. The number of carbonyl (C=O) groups excluding carboxylic acids is 1. The third-order valence-electron chi connectivity index (χ3n) is 6.95. The summed E-state index contributed by atoms with van der Waals surface area (Å²) in [6.07, 6.45) is 8.25. The summed E-state index contributed by atoms with van der Waals surface area (Å²) in [5.41, 5.74) is 9.63. The number of hydrogen-bond acceptors (Lipinski definition) is 6. The fraction of sp³-hybridized carbons (Fsp3) is 0.545. The van der Waals surface area contributed by atoms with Crippen LogP contribution in [-0.2, 0) is 12.8 Å². The second kappa shape index (κ2) is 7.04. The van der Waals surface area contributed by atoms with Crippen molar-refractivity contribution < 1.29 is 14.0 Å². The van der Waals surface area contributed by atoms with E-state index in [-0.39, 0.29) is 5.91 Å². The van der Waals surface area contributed by atoms with Crippen LogP contribution in [0.2, 0.25) is 0 Å². The average Bonchev–Trinajstić information content (AvgIpc) is 3.40. The Hall–Kier alpha value is -2.48. The van der Waals surface area contributed by atoms with Crippen molar-refractivity contribution in [2.45, 2.75) is 65.3 Å². The van der Waals surface area contributed by atoms with Crippen molar-refractivity contribution in [3.8, 4) is 0 Å². The Labute approximate surface area is 179 Å². The van der Waals surface area contributed by atoms with Crippen LogP contribution in [-0.4, -0.2) is 16.2 Å². The van der Waals surface area contributed by atoms with Crippen LogP contribution in [0.5, 0.6) is 0 Å². The molecule has 0 bridgehead atoms. The van der Waals surface area contributed by atoms with Crippen molar-refractivity contribution in [2.24, 2.45) is 11.3 Å². The second-order valence-electron chi connectivity index (χ2n) is 9.31. The molecule has 0 radical (unpaired) electrons. The number of nitrogen functional groups attached to an aromatic ring is 1. The lowest BCUT2D eigenvalue weighted by molar-refractivity contribution is -0.765. The van der Waals surface area contributed by atoms with Gasteiger partial charge in [0.2, 0.25) is 5.27 Å². The maximum absolute atomic E-state index is 12.8. The summed E-state index contributed by atoms with van der Waals surface area (Å²) in [5.74, 6) is 0.694. The van der Waals surface area contributed by atoms with E-state index in [1.807, 2.05) is 0 Å². The highest BCUT2D eigenvalue weighted by Crippen LogP contribution is 2.42. The van der Waals surface area contributed by atoms with Gasteiger partial charge in [0.15, 0.2) is 6.04 Å². The molecule has 2 aliphatic carbocycles. The maximum Gasteiger partial charge on any atom is 0.302 e. The average molecular weight is 427 g/mol. The van der Waals surface area contributed by atoms with Gasteiger partial charge in [0, 0.05) is 23.9 Å². The summed E-state index contributed by atoms with van der Waals surface area (Å²) < 4.78 is 6.99. The zero-order valence-electron chi connectivity index (χ0n) is 17.7. The molecule has 3 N–H and O–H groups in total. The fourth-order valence-electron chi connectivity index (χ4n) is 4.31. The van der Waals surface area contributed by atoms with E-state index in [0.717, 1.165) is 54.4 Å². The number of nitrogens with zero attached hydrogens (tertiary/aromatic N) is 3. The van der Waals surface area contributed by atoms with Gasteiger partial charge in [-0.15, -0.1) is 11.3 Å². The smallest absolute Gasteiger partial charge is 0.302 e. The van der Waals surface area contributed by atoms with E-state index in [2.05, 4.69) is 37.4 Å². The highest BCUT2D eigenvalue weighted by molar-refractivity contribution is 7.21. The fourth-order valence-corrected chi connectivity index (χ4v) is 5.30. The van der Waals surface area contributed by atoms with Crippen LogP contribution in [0.1, 0.15) is 73.4 Å². The summed E-state index contributed by atoms with van der Waals surface area (Å²) in [7, 11) is 0. The van der Waals surface area contributed by atoms with E-state index < -0.39 is 0 Å². The van der Waals surface area contributed by atoms with Crippen molar-refractivity contribution in [1.29, 1.82) is 0 Å². The number of fused-ring (bicyclic) bond motifs is 2. The summed E-state index contributed by atoms with van der Waals surface area (Å²) in [6, 6.07) is 2.55. The van der Waals surface area contributed by atoms with Crippen LogP contribution in [0.25, 0.3) is 10.2 Å². The minimum Gasteiger partial charge on any atom is -0.397 e. The molecule has 1 amide bonds. The lowest BCUT2D eigenvalue weighted by Crippen LogP contribution is -2.32. The van der Waals surface area contributed by atoms with Crippen LogP contribution < -0.4 is 15.7 Å². The Morgan fingerprint density at radius 2 is 2.20 bits per heavy atom. The maximum atomic E-state index is 12.8. The van der Waals surface area contributed by atoms with Crippen LogP contribution in [0.3, 0.4) is 0 Å². The number of thiophene rings is 1. The first-order valence-electron chi connectivity index (χ1n) is 10.8. The largest absolute Gasteiger partial charge is 0.397 e. The van der Waals surface area contributed by atoms with Crippen molar-refractivity contribution >= 4 is 39.0 Å². The Morgan fingerprint density at radius 3 is 2.93 bits per heavy atom. The molecule has 0 aliphatic heterocycles. The van der Waals surface area contributed by atoms with Gasteiger partial charge in [0.25, 0.3) is 12.1 Å². The summed E-state index contributed by atoms with van der Waals surface area (Å²) in [6.45, 7) is 6.97. The number of aromatic nitrogens is 3. The van der Waals surface area contributed by atoms with Crippen LogP contribution in [0, 0.1) is 11.3 Å². The molecular weight excluding hydrogens is 398 g/mol. The predicted octanol–water partition coefficient (Wildman–Crippen LogP) is 4.28. The number of nitrogens with two attached hydrogens (primary N) is 1. The number of hydrogen-bond donors (Lipinski definition) is 2. The topological polar surface area (TPSA) is 97.9 Å². The first kappa shape index (κ1) is 19.5. The number of anilines is 2. The van der Waals surface area contributed by atoms with E-state index >= 15 is 0 Å². The van der Waals surface area contributed by atoms with Gasteiger partial charge in [-0.25, -0.2) is 4.98 Å². The number of nitrogens with one attached hydrogen (secondary N) is 1. The van der Waals surface area contributed by atoms with Crippen LogP contribution >= 0.6 is 11.3 Å². The summed E-state index contributed by atoms with van der Waals surface area (Å²) in [5, 5.41) is 7.62. The first-order valence-corrected chi connectivity index (χ1v) is 11.6. The first-order chi connectivity index (χ1) is 14.4. The monoisotopic (exact) mass is 426 g/mol. The highest BCUT2D eigenvalue weighted by atomic mass is 32.1. The zero-order valence-corrected chi connectivity index (χ0v) is 18.5. The summed E-state index contributed by atoms with van der Waals surface area (Å²) in [4.78, 5) is 19.0. The third kappa shape index (κ3) is 3.37. The Kier molecular flexibility index (Phi) is 4.57. The number of pyridine rings is 1. The van der Waals surface area contributed by atoms with Gasteiger partial charge in [-0.2, -0.15) is 0 Å². The van der Waals surface area contributed by atoms with E-state index in [4.69, 9.17) is 15.2 Å². The number of amides is 1. The number of rotatable bonds is 5. The van der Waals surface area contributed by atoms with Crippen molar-refractivity contribution in [3.05, 3.63) is 28.4 Å². The van der Waals surface area contributed by atoms with Crippen molar-refractivity contribution in [3.63, 3.8) is 0 Å². The van der Waals surface area contributed by atoms with Gasteiger partial charge < -0.3 is 5.73 Å². The van der Waals surface area contributed by atoms with Gasteiger partial charge in [0.05, 0.1) is 5.69 Å². The van der Waals surface area contributed by atoms with Gasteiger partial charge in [0.1, 0.15) is 9.71 Å². The van der Waals surface area contributed by atoms with Crippen LogP contribution in [0.4, 0.5) is 11.6 Å². The Balaban J connectivity index is 1.42. The predicted molar refractivity (Wildman–Crippen MR) is 117 cm³/mol. The van der Waals surface area contributed by atoms with Crippen molar-refractivity contribution in [2.75, 3.05) is 11.1 Å². The quantitative estimate of drug-likeness (QED) is 0.593. The second-order valence-corrected chi connectivity index (χ2v) is 10.3. The molecule has 158 valence electrons. The number of carbonyl (C=O) groups is 1. The zero-order chi connectivity index (χ0) is 21.0. The molecule has 1 fully saturated rings. The molecule has 2 aliphatic rings. The standard InChI is InChI=1S/C22H27N5O2S/c1-4-22(2,3)13-5-8-16-12(9-13)10-15-18(23)19(30-21(15)24-16)20(28)25-17-11-27(26-29-17)14-6-7-14/h10-11,13-14H,4-9H2,1-3H3,(H2-,23,25,26,28)/p+1. The van der Waals surface area contributed by atoms with Gasteiger partial charge in [-0.3, -0.25) is 14.6 Å². The molecule has 1 atom stereocenters. The minimum atomic E-state index is -0.280. The molecule has 8 heteroatoms. The summed E-state index contributed by atoms with van der Waals surface area (Å²) >= 11 is 1.34. The van der Waals surface area contributed by atoms with E-state index in [1.165, 1.54) is 16.9 Å². The SMILES string of the molecule is CCC(C)(C)C1CCc2nc3sc(C(=O)Nc4c[n+](C5CC5)no4)c(N)c3cc2C1. The van der Waals surface area contributed by atoms with Crippen molar-refractivity contribution in [1.82, 2.24) is 10.3 Å². The van der Waals surface area contributed by atoms with Gasteiger partial charge >= 0.3 is 5.88 Å². The number of aryl methyl sites for hydroxylation is 1.